The predicted molar refractivity (Wildman–Crippen MR) is 27.4 cm³/mol. The van der Waals surface area contributed by atoms with Gasteiger partial charge in [0.05, 0.1) is 6.07 Å². The van der Waals surface area contributed by atoms with E-state index in [0.717, 1.165) is 0 Å². The molecule has 0 saturated carbocycles. The molecular formula is C5H9N2. The maximum Gasteiger partial charge on any atom is 0.0622 e. The molecule has 0 bridgehead atoms. The summed E-state index contributed by atoms with van der Waals surface area (Å²) in [5, 5.41) is 7.98. The minimum Gasteiger partial charge on any atom is -0.255 e. The highest BCUT2D eigenvalue weighted by molar-refractivity contribution is 4.70. The van der Waals surface area contributed by atoms with E-state index < -0.39 is 0 Å². The largest absolute Gasteiger partial charge is 0.255 e. The third kappa shape index (κ3) is 5.45. The van der Waals surface area contributed by atoms with Crippen molar-refractivity contribution < 1.29 is 0 Å². The lowest BCUT2D eigenvalue weighted by Gasteiger charge is -1.93. The maximum atomic E-state index is 7.98. The zero-order valence-corrected chi connectivity index (χ0v) is 4.44. The Morgan fingerprint density at radius 3 is 2.57 bits per heavy atom. The molecule has 0 amide bonds. The number of nitrogens with one attached hydrogen (secondary N) is 1. The third-order valence-electron chi connectivity index (χ3n) is 0.689. The highest BCUT2D eigenvalue weighted by Crippen LogP contribution is 1.90. The fraction of sp³-hybridized carbons (Fsp3) is 0.800. The second-order valence-electron chi connectivity index (χ2n) is 1.60. The van der Waals surface area contributed by atoms with Gasteiger partial charge in [0.25, 0.3) is 0 Å². The fourth-order valence-electron chi connectivity index (χ4n) is 0.281. The highest BCUT2D eigenvalue weighted by atomic mass is 14.6. The first-order valence-corrected chi connectivity index (χ1v) is 2.35. The second-order valence-corrected chi connectivity index (χ2v) is 1.60. The lowest BCUT2D eigenvalue weighted by atomic mass is 10.2. The molecule has 0 heterocycles. The Morgan fingerprint density at radius 2 is 2.43 bits per heavy atom. The van der Waals surface area contributed by atoms with Gasteiger partial charge in [-0.25, -0.2) is 0 Å². The minimum absolute atomic E-state index is 0.0698. The Balaban J connectivity index is 2.86. The molecular weight excluding hydrogens is 88.1 g/mol. The van der Waals surface area contributed by atoms with Crippen molar-refractivity contribution in [1.82, 2.24) is 5.73 Å². The first-order chi connectivity index (χ1) is 3.27. The summed E-state index contributed by atoms with van der Waals surface area (Å²) in [6.07, 6.45) is 1.22. The number of nitrogens with zero attached hydrogens (tertiary/aromatic N) is 1. The van der Waals surface area contributed by atoms with Crippen LogP contribution in [0.5, 0.6) is 0 Å². The molecule has 0 spiro atoms. The van der Waals surface area contributed by atoms with Crippen LogP contribution in [0.25, 0.3) is 0 Å². The summed E-state index contributed by atoms with van der Waals surface area (Å²) in [5.74, 6) is 0. The van der Waals surface area contributed by atoms with Crippen LogP contribution in [0.2, 0.25) is 0 Å². The summed E-state index contributed by atoms with van der Waals surface area (Å²) >= 11 is 0. The van der Waals surface area contributed by atoms with Gasteiger partial charge in [0.1, 0.15) is 0 Å². The first-order valence-electron chi connectivity index (χ1n) is 2.35. The van der Waals surface area contributed by atoms with Crippen LogP contribution in [0.1, 0.15) is 19.8 Å². The molecule has 0 aliphatic carbocycles. The summed E-state index contributed by atoms with van der Waals surface area (Å²) in [5.41, 5.74) is 6.93. The minimum atomic E-state index is -0.0698. The van der Waals surface area contributed by atoms with Gasteiger partial charge in [0.15, 0.2) is 0 Å². The van der Waals surface area contributed by atoms with Gasteiger partial charge < -0.3 is 0 Å². The summed E-state index contributed by atoms with van der Waals surface area (Å²) in [4.78, 5) is 0. The Labute approximate surface area is 43.9 Å². The molecule has 0 aliphatic heterocycles. The lowest BCUT2D eigenvalue weighted by molar-refractivity contribution is 0.661. The van der Waals surface area contributed by atoms with Crippen LogP contribution in [0.3, 0.4) is 0 Å². The van der Waals surface area contributed by atoms with Gasteiger partial charge in [0.2, 0.25) is 0 Å². The van der Waals surface area contributed by atoms with Crippen LogP contribution in [-0.4, -0.2) is 6.04 Å². The number of nitriles is 1. The van der Waals surface area contributed by atoms with Crippen molar-refractivity contribution in [3.63, 3.8) is 0 Å². The lowest BCUT2D eigenvalue weighted by Crippen LogP contribution is -1.99. The molecule has 7 heavy (non-hydrogen) atoms. The highest BCUT2D eigenvalue weighted by Gasteiger charge is 1.90. The van der Waals surface area contributed by atoms with Crippen molar-refractivity contribution >= 4 is 0 Å². The van der Waals surface area contributed by atoms with E-state index in [0.29, 0.717) is 12.8 Å². The van der Waals surface area contributed by atoms with Crippen molar-refractivity contribution in [3.05, 3.63) is 0 Å². The van der Waals surface area contributed by atoms with E-state index in [9.17, 15) is 0 Å². The van der Waals surface area contributed by atoms with Gasteiger partial charge in [-0.3, -0.25) is 5.73 Å². The van der Waals surface area contributed by atoms with Gasteiger partial charge in [-0.1, -0.05) is 0 Å². The van der Waals surface area contributed by atoms with E-state index in [1.54, 1.807) is 6.92 Å². The van der Waals surface area contributed by atoms with Crippen LogP contribution in [0, 0.1) is 11.3 Å². The summed E-state index contributed by atoms with van der Waals surface area (Å²) < 4.78 is 0. The monoisotopic (exact) mass is 97.1 g/mol. The van der Waals surface area contributed by atoms with E-state index in [1.807, 2.05) is 6.07 Å². The molecule has 0 aromatic rings. The first kappa shape index (κ1) is 6.45. The number of hydrogen-bond acceptors (Lipinski definition) is 1. The van der Waals surface area contributed by atoms with E-state index >= 15 is 0 Å². The van der Waals surface area contributed by atoms with Crippen LogP contribution >= 0.6 is 0 Å². The summed E-state index contributed by atoms with van der Waals surface area (Å²) in [6.45, 7) is 1.79. The quantitative estimate of drug-likeness (QED) is 0.506. The Bertz CT molecular complexity index is 70.6. The average Bonchev–Trinajstić information content (AvgIpc) is 1.61. The van der Waals surface area contributed by atoms with Crippen molar-refractivity contribution in [3.8, 4) is 6.07 Å². The standard InChI is InChI=1S/C5H9N2/c1-5(7)3-2-4-6/h5,7H,2-3H2,1H3. The van der Waals surface area contributed by atoms with Crippen LogP contribution in [0.15, 0.2) is 0 Å². The molecule has 1 unspecified atom stereocenters. The molecule has 39 valence electrons. The number of hydrogen-bond donors (Lipinski definition) is 0. The van der Waals surface area contributed by atoms with Crippen LogP contribution < -0.4 is 5.73 Å². The Morgan fingerprint density at radius 1 is 1.86 bits per heavy atom. The molecule has 0 fully saturated rings. The molecule has 2 heteroatoms. The average molecular weight is 97.1 g/mol. The van der Waals surface area contributed by atoms with E-state index in [4.69, 9.17) is 11.0 Å². The SMILES string of the molecule is CC([NH])CCC#N. The topological polar surface area (TPSA) is 47.6 Å². The van der Waals surface area contributed by atoms with E-state index in [1.165, 1.54) is 0 Å². The summed E-state index contributed by atoms with van der Waals surface area (Å²) in [7, 11) is 0. The van der Waals surface area contributed by atoms with Crippen molar-refractivity contribution in [1.29, 1.82) is 5.26 Å². The molecule has 0 aromatic heterocycles. The number of rotatable bonds is 2. The van der Waals surface area contributed by atoms with Crippen LogP contribution in [-0.2, 0) is 0 Å². The smallest absolute Gasteiger partial charge is 0.0622 e. The zero-order chi connectivity index (χ0) is 5.70. The molecule has 1 atom stereocenters. The predicted octanol–water partition coefficient (Wildman–Crippen LogP) is 0.962. The van der Waals surface area contributed by atoms with Crippen LogP contribution in [0.4, 0.5) is 0 Å². The van der Waals surface area contributed by atoms with Gasteiger partial charge in [0, 0.05) is 12.5 Å². The molecule has 1 N–H and O–H groups in total. The maximum absolute atomic E-state index is 7.98. The molecule has 1 radical (unpaired) electrons. The Kier molecular flexibility index (Phi) is 3.35. The molecule has 0 rings (SSSR count). The second kappa shape index (κ2) is 3.63. The Hall–Kier alpha value is -0.550. The van der Waals surface area contributed by atoms with Crippen molar-refractivity contribution in [2.45, 2.75) is 25.8 Å². The van der Waals surface area contributed by atoms with E-state index in [-0.39, 0.29) is 6.04 Å². The molecule has 0 aliphatic rings. The normalized spacial score (nSPS) is 12.7. The van der Waals surface area contributed by atoms with Gasteiger partial charge in [-0.15, -0.1) is 0 Å². The van der Waals surface area contributed by atoms with Crippen molar-refractivity contribution in [2.75, 3.05) is 0 Å². The molecule has 2 nitrogen and oxygen atoms in total. The summed E-state index contributed by atoms with van der Waals surface area (Å²) in [6, 6.07) is 1.91. The molecule has 0 aromatic carbocycles. The van der Waals surface area contributed by atoms with Crippen molar-refractivity contribution in [2.24, 2.45) is 0 Å². The third-order valence-corrected chi connectivity index (χ3v) is 0.689. The van der Waals surface area contributed by atoms with Gasteiger partial charge in [-0.05, 0) is 13.3 Å². The fourth-order valence-corrected chi connectivity index (χ4v) is 0.281. The van der Waals surface area contributed by atoms with Gasteiger partial charge in [-0.2, -0.15) is 5.26 Å². The van der Waals surface area contributed by atoms with Gasteiger partial charge >= 0.3 is 0 Å². The molecule has 0 saturated heterocycles. The zero-order valence-electron chi connectivity index (χ0n) is 4.44. The van der Waals surface area contributed by atoms with E-state index in [2.05, 4.69) is 0 Å².